The zero-order valence-corrected chi connectivity index (χ0v) is 13.6. The second-order valence-corrected chi connectivity index (χ2v) is 6.09. The van der Waals surface area contributed by atoms with Crippen LogP contribution in [0.25, 0.3) is 0 Å². The molecule has 4 nitrogen and oxygen atoms in total. The van der Waals surface area contributed by atoms with Crippen molar-refractivity contribution in [1.29, 1.82) is 0 Å². The van der Waals surface area contributed by atoms with Gasteiger partial charge < -0.3 is 19.3 Å². The molecular weight excluding hydrogens is 280 g/mol. The van der Waals surface area contributed by atoms with E-state index in [1.165, 1.54) is 0 Å². The number of benzene rings is 1. The van der Waals surface area contributed by atoms with Crippen LogP contribution in [-0.4, -0.2) is 35.8 Å². The molecule has 0 amide bonds. The molecular formula is C18H26O4. The summed E-state index contributed by atoms with van der Waals surface area (Å²) in [5, 5.41) is 9.36. The first-order chi connectivity index (χ1) is 10.5. The second-order valence-electron chi connectivity index (χ2n) is 6.09. The topological polar surface area (TPSA) is 47.9 Å². The largest absolute Gasteiger partial charge is 0.389 e. The Morgan fingerprint density at radius 3 is 2.68 bits per heavy atom. The van der Waals surface area contributed by atoms with Gasteiger partial charge in [0.15, 0.2) is 5.79 Å². The Kier molecular flexibility index (Phi) is 6.15. The molecule has 122 valence electrons. The molecule has 1 heterocycles. The molecule has 1 aromatic carbocycles. The van der Waals surface area contributed by atoms with Crippen molar-refractivity contribution in [2.75, 3.05) is 6.61 Å². The first kappa shape index (κ1) is 17.2. The maximum absolute atomic E-state index is 9.36. The van der Waals surface area contributed by atoms with E-state index in [1.54, 1.807) is 13.0 Å². The van der Waals surface area contributed by atoms with Gasteiger partial charge in [-0.15, -0.1) is 0 Å². The van der Waals surface area contributed by atoms with E-state index in [2.05, 4.69) is 0 Å². The Morgan fingerprint density at radius 1 is 1.27 bits per heavy atom. The minimum atomic E-state index is -0.599. The van der Waals surface area contributed by atoms with Gasteiger partial charge in [-0.3, -0.25) is 0 Å². The first-order valence-corrected chi connectivity index (χ1v) is 7.80. The SMILES string of the molecule is CC(O)/C=C/[C@@H]1OC(C)(C)O[C@H]1CCOCc1ccccc1. The van der Waals surface area contributed by atoms with Crippen molar-refractivity contribution >= 4 is 0 Å². The van der Waals surface area contributed by atoms with Gasteiger partial charge in [-0.05, 0) is 32.8 Å². The van der Waals surface area contributed by atoms with E-state index >= 15 is 0 Å². The fourth-order valence-corrected chi connectivity index (χ4v) is 2.48. The summed E-state index contributed by atoms with van der Waals surface area (Å²) < 4.78 is 17.5. The molecule has 4 heteroatoms. The summed E-state index contributed by atoms with van der Waals surface area (Å²) in [5.74, 6) is -0.599. The van der Waals surface area contributed by atoms with E-state index in [0.29, 0.717) is 13.2 Å². The summed E-state index contributed by atoms with van der Waals surface area (Å²) >= 11 is 0. The maximum Gasteiger partial charge on any atom is 0.164 e. The molecule has 2 rings (SSSR count). The van der Waals surface area contributed by atoms with E-state index in [4.69, 9.17) is 14.2 Å². The van der Waals surface area contributed by atoms with Gasteiger partial charge in [0.25, 0.3) is 0 Å². The number of rotatable bonds is 7. The lowest BCUT2D eigenvalue weighted by molar-refractivity contribution is -0.144. The van der Waals surface area contributed by atoms with Crippen LogP contribution in [0.15, 0.2) is 42.5 Å². The highest BCUT2D eigenvalue weighted by molar-refractivity contribution is 5.13. The molecule has 0 saturated carbocycles. The molecule has 3 atom stereocenters. The molecule has 0 aromatic heterocycles. The van der Waals surface area contributed by atoms with Crippen molar-refractivity contribution in [1.82, 2.24) is 0 Å². The quantitative estimate of drug-likeness (QED) is 0.621. The van der Waals surface area contributed by atoms with E-state index < -0.39 is 11.9 Å². The lowest BCUT2D eigenvalue weighted by Gasteiger charge is -2.16. The van der Waals surface area contributed by atoms with Gasteiger partial charge >= 0.3 is 0 Å². The molecule has 0 aliphatic carbocycles. The average Bonchev–Trinajstić information content (AvgIpc) is 2.77. The molecule has 1 aromatic rings. The smallest absolute Gasteiger partial charge is 0.164 e. The van der Waals surface area contributed by atoms with Gasteiger partial charge in [0.2, 0.25) is 0 Å². The van der Waals surface area contributed by atoms with Gasteiger partial charge in [-0.1, -0.05) is 42.5 Å². The molecule has 0 spiro atoms. The molecule has 1 fully saturated rings. The lowest BCUT2D eigenvalue weighted by atomic mass is 10.1. The van der Waals surface area contributed by atoms with Crippen LogP contribution in [0.2, 0.25) is 0 Å². The van der Waals surface area contributed by atoms with Crippen LogP contribution in [-0.2, 0) is 20.8 Å². The summed E-state index contributed by atoms with van der Waals surface area (Å²) in [4.78, 5) is 0. The number of aliphatic hydroxyl groups is 1. The summed E-state index contributed by atoms with van der Waals surface area (Å²) in [6.45, 7) is 6.74. The van der Waals surface area contributed by atoms with E-state index in [1.807, 2.05) is 50.3 Å². The Labute approximate surface area is 132 Å². The predicted octanol–water partition coefficient (Wildman–Crippen LogP) is 3.05. The highest BCUT2D eigenvalue weighted by Crippen LogP contribution is 2.30. The monoisotopic (exact) mass is 306 g/mol. The van der Waals surface area contributed by atoms with Crippen LogP contribution in [0.5, 0.6) is 0 Å². The second kappa shape index (κ2) is 7.88. The van der Waals surface area contributed by atoms with Gasteiger partial charge in [-0.2, -0.15) is 0 Å². The fraction of sp³-hybridized carbons (Fsp3) is 0.556. The van der Waals surface area contributed by atoms with E-state index in [9.17, 15) is 5.11 Å². The van der Waals surface area contributed by atoms with Crippen molar-refractivity contribution in [3.05, 3.63) is 48.0 Å². The van der Waals surface area contributed by atoms with Crippen LogP contribution >= 0.6 is 0 Å². The third-order valence-electron chi connectivity index (χ3n) is 3.46. The third kappa shape index (κ3) is 5.54. The predicted molar refractivity (Wildman–Crippen MR) is 85.4 cm³/mol. The highest BCUT2D eigenvalue weighted by atomic mass is 16.7. The van der Waals surface area contributed by atoms with Gasteiger partial charge in [0, 0.05) is 6.61 Å². The Bertz CT molecular complexity index is 467. The van der Waals surface area contributed by atoms with E-state index in [0.717, 1.165) is 12.0 Å². The number of aliphatic hydroxyl groups excluding tert-OH is 1. The van der Waals surface area contributed by atoms with Gasteiger partial charge in [-0.25, -0.2) is 0 Å². The van der Waals surface area contributed by atoms with Crippen molar-refractivity contribution in [2.24, 2.45) is 0 Å². The molecule has 1 saturated heterocycles. The summed E-state index contributed by atoms with van der Waals surface area (Å²) in [7, 11) is 0. The van der Waals surface area contributed by atoms with Crippen molar-refractivity contribution in [2.45, 2.75) is 57.9 Å². The Hall–Kier alpha value is -1.20. The number of hydrogen-bond acceptors (Lipinski definition) is 4. The Balaban J connectivity index is 1.79. The normalized spacial score (nSPS) is 25.6. The molecule has 0 bridgehead atoms. The van der Waals surface area contributed by atoms with Crippen LogP contribution < -0.4 is 0 Å². The fourth-order valence-electron chi connectivity index (χ4n) is 2.48. The molecule has 1 aliphatic rings. The molecule has 0 radical (unpaired) electrons. The summed E-state index contributed by atoms with van der Waals surface area (Å²) in [6.07, 6.45) is 3.67. The summed E-state index contributed by atoms with van der Waals surface area (Å²) in [6, 6.07) is 10.1. The first-order valence-electron chi connectivity index (χ1n) is 7.80. The van der Waals surface area contributed by atoms with Crippen LogP contribution in [0.1, 0.15) is 32.8 Å². The van der Waals surface area contributed by atoms with Crippen LogP contribution in [0, 0.1) is 0 Å². The molecule has 1 unspecified atom stereocenters. The van der Waals surface area contributed by atoms with Gasteiger partial charge in [0.05, 0.1) is 18.8 Å². The standard InChI is InChI=1S/C18H26O4/c1-14(19)9-10-16-17(22-18(2,3)21-16)11-12-20-13-15-7-5-4-6-8-15/h4-10,14,16-17,19H,11-13H2,1-3H3/b10-9+/t14?,16-,17-/m0/s1. The molecule has 1 N–H and O–H groups in total. The summed E-state index contributed by atoms with van der Waals surface area (Å²) in [5.41, 5.74) is 1.16. The minimum absolute atomic E-state index is 0.0548. The van der Waals surface area contributed by atoms with Crippen LogP contribution in [0.4, 0.5) is 0 Å². The zero-order chi connectivity index (χ0) is 16.0. The van der Waals surface area contributed by atoms with Crippen molar-refractivity contribution in [3.8, 4) is 0 Å². The minimum Gasteiger partial charge on any atom is -0.389 e. The average molecular weight is 306 g/mol. The Morgan fingerprint density at radius 2 is 2.00 bits per heavy atom. The maximum atomic E-state index is 9.36. The van der Waals surface area contributed by atoms with E-state index in [-0.39, 0.29) is 12.2 Å². The molecule has 1 aliphatic heterocycles. The van der Waals surface area contributed by atoms with Crippen molar-refractivity contribution in [3.63, 3.8) is 0 Å². The van der Waals surface area contributed by atoms with Crippen LogP contribution in [0.3, 0.4) is 0 Å². The third-order valence-corrected chi connectivity index (χ3v) is 3.46. The lowest BCUT2D eigenvalue weighted by Crippen LogP contribution is -2.23. The van der Waals surface area contributed by atoms with Crippen molar-refractivity contribution < 1.29 is 19.3 Å². The zero-order valence-electron chi connectivity index (χ0n) is 13.6. The highest BCUT2D eigenvalue weighted by Gasteiger charge is 2.39. The molecule has 22 heavy (non-hydrogen) atoms. The number of hydrogen-bond donors (Lipinski definition) is 1. The number of ether oxygens (including phenoxy) is 3. The van der Waals surface area contributed by atoms with Gasteiger partial charge in [0.1, 0.15) is 6.10 Å².